The predicted molar refractivity (Wildman–Crippen MR) is 217 cm³/mol. The number of fused-ring (bicyclic) bond motifs is 17. The molecule has 2 heterocycles. The highest BCUT2D eigenvalue weighted by molar-refractivity contribution is 8.00. The topological polar surface area (TPSA) is 237 Å². The molecule has 3 aromatic carbocycles. The van der Waals surface area contributed by atoms with Crippen LogP contribution < -0.4 is 27.0 Å². The third-order valence-electron chi connectivity index (χ3n) is 9.05. The Bertz CT molecular complexity index is 1930. The number of carbonyl (C=O) groups excluding carboxylic acids is 4. The number of halogens is 3. The second kappa shape index (κ2) is 21.1. The number of amides is 4. The highest BCUT2D eigenvalue weighted by Gasteiger charge is 2.41. The molecular weight excluding hydrogens is 816 g/mol. The molecular formula is C40H48F3N5O9S2. The fourth-order valence-electron chi connectivity index (χ4n) is 5.57. The fraction of sp³-hybridized carbons (Fsp3) is 0.400. The van der Waals surface area contributed by atoms with Crippen LogP contribution in [-0.2, 0) is 53.1 Å². The van der Waals surface area contributed by atoms with Crippen LogP contribution in [0.2, 0.25) is 0 Å². The summed E-state index contributed by atoms with van der Waals surface area (Å²) in [5.41, 5.74) is 9.64. The van der Waals surface area contributed by atoms with Gasteiger partial charge < -0.3 is 42.3 Å². The lowest BCUT2D eigenvalue weighted by atomic mass is 10.00. The van der Waals surface area contributed by atoms with Gasteiger partial charge in [-0.2, -0.15) is 13.2 Å². The number of aromatic hydroxyl groups is 1. The zero-order valence-electron chi connectivity index (χ0n) is 32.7. The summed E-state index contributed by atoms with van der Waals surface area (Å²) in [4.78, 5) is 75.6. The Balaban J connectivity index is 0.00000122. The average Bonchev–Trinajstić information content (AvgIpc) is 3.17. The summed E-state index contributed by atoms with van der Waals surface area (Å²) in [6, 6.07) is 18.5. The zero-order valence-corrected chi connectivity index (χ0v) is 34.3. The molecule has 0 saturated carbocycles. The van der Waals surface area contributed by atoms with Crippen molar-refractivity contribution in [1.82, 2.24) is 21.3 Å². The first kappa shape index (κ1) is 48.1. The van der Waals surface area contributed by atoms with E-state index < -0.39 is 81.9 Å². The van der Waals surface area contributed by atoms with Crippen molar-refractivity contribution in [3.63, 3.8) is 0 Å². The van der Waals surface area contributed by atoms with E-state index in [1.807, 2.05) is 44.2 Å². The number of nitrogens with two attached hydrogens (primary N) is 1. The van der Waals surface area contributed by atoms with Crippen molar-refractivity contribution in [3.05, 3.63) is 101 Å². The molecule has 0 unspecified atom stereocenters. The highest BCUT2D eigenvalue weighted by Crippen LogP contribution is 2.34. The minimum absolute atomic E-state index is 0.0693. The van der Waals surface area contributed by atoms with Gasteiger partial charge in [-0.1, -0.05) is 66.7 Å². The number of benzene rings is 3. The van der Waals surface area contributed by atoms with Gasteiger partial charge >= 0.3 is 18.1 Å². The van der Waals surface area contributed by atoms with Crippen molar-refractivity contribution in [2.45, 2.75) is 91.9 Å². The normalized spacial score (nSPS) is 20.6. The lowest BCUT2D eigenvalue weighted by molar-refractivity contribution is -0.192. The van der Waals surface area contributed by atoms with Crippen LogP contribution in [0.25, 0.3) is 0 Å². The van der Waals surface area contributed by atoms with Crippen molar-refractivity contribution < 1.29 is 57.3 Å². The first-order valence-electron chi connectivity index (χ1n) is 18.1. The van der Waals surface area contributed by atoms with Crippen LogP contribution in [0.15, 0.2) is 78.9 Å². The van der Waals surface area contributed by atoms with Crippen molar-refractivity contribution >= 4 is 59.1 Å². The monoisotopic (exact) mass is 863 g/mol. The van der Waals surface area contributed by atoms with Gasteiger partial charge in [-0.3, -0.25) is 19.2 Å². The average molecular weight is 864 g/mol. The minimum atomic E-state index is -5.08. The number of nitrogens with one attached hydrogen (secondary N) is 4. The molecule has 19 heteroatoms. The molecule has 4 amide bonds. The first-order chi connectivity index (χ1) is 27.5. The number of thioether (sulfide) groups is 2. The second-order valence-corrected chi connectivity index (χ2v) is 17.9. The molecule has 0 saturated heterocycles. The molecule has 2 aliphatic heterocycles. The van der Waals surface area contributed by atoms with E-state index in [1.165, 1.54) is 35.7 Å². The van der Waals surface area contributed by atoms with Crippen molar-refractivity contribution in [2.75, 3.05) is 6.54 Å². The molecule has 3 aromatic rings. The smallest absolute Gasteiger partial charge is 0.490 e. The van der Waals surface area contributed by atoms with Crippen LogP contribution in [-0.4, -0.2) is 97.3 Å². The maximum absolute atomic E-state index is 13.8. The number of carboxylic acids is 2. The molecule has 9 N–H and O–H groups in total. The molecule has 2 bridgehead atoms. The minimum Gasteiger partial charge on any atom is -0.508 e. The summed E-state index contributed by atoms with van der Waals surface area (Å²) in [6.07, 6.45) is -4.86. The molecule has 0 fully saturated rings. The maximum Gasteiger partial charge on any atom is 0.490 e. The van der Waals surface area contributed by atoms with Gasteiger partial charge in [0.05, 0.1) is 12.6 Å². The Kier molecular flexibility index (Phi) is 17.2. The van der Waals surface area contributed by atoms with E-state index in [1.54, 1.807) is 50.2 Å². The Morgan fingerprint density at radius 1 is 0.814 bits per heavy atom. The van der Waals surface area contributed by atoms with Gasteiger partial charge in [0.25, 0.3) is 0 Å². The Hall–Kier alpha value is -5.27. The molecule has 5 rings (SSSR count). The third-order valence-corrected chi connectivity index (χ3v) is 12.0. The van der Waals surface area contributed by atoms with Gasteiger partial charge in [-0.25, -0.2) is 9.59 Å². The number of aliphatic carboxylic acids is 2. The second-order valence-electron chi connectivity index (χ2n) is 14.6. The van der Waals surface area contributed by atoms with Crippen LogP contribution in [0.4, 0.5) is 13.2 Å². The molecule has 4 atom stereocenters. The van der Waals surface area contributed by atoms with Crippen LogP contribution >= 0.6 is 23.5 Å². The number of hydrogen-bond acceptors (Lipinski definition) is 10. The summed E-state index contributed by atoms with van der Waals surface area (Å²) in [7, 11) is 0. The van der Waals surface area contributed by atoms with Gasteiger partial charge in [0.2, 0.25) is 23.6 Å². The molecule has 14 nitrogen and oxygen atoms in total. The number of carbonyl (C=O) groups is 6. The SMILES string of the molecule is CC1(C)SCc2ccc(cc2)CSC(C)(C)[C@@H](NC(=O)[C@@H](N)Cc2ccc(O)cc2)C(=O)NCC(=O)N[C@@H](Cc2ccccc2)C(=O)N[C@H]1C(=O)O.O=C(O)C(F)(F)F. The van der Waals surface area contributed by atoms with E-state index >= 15 is 0 Å². The lowest BCUT2D eigenvalue weighted by Gasteiger charge is -2.34. The fourth-order valence-corrected chi connectivity index (χ4v) is 7.69. The summed E-state index contributed by atoms with van der Waals surface area (Å²) in [6.45, 7) is 6.64. The van der Waals surface area contributed by atoms with Crippen molar-refractivity contribution in [2.24, 2.45) is 5.73 Å². The summed E-state index contributed by atoms with van der Waals surface area (Å²) >= 11 is 2.84. The Morgan fingerprint density at radius 3 is 1.85 bits per heavy atom. The maximum atomic E-state index is 13.8. The van der Waals surface area contributed by atoms with Crippen LogP contribution in [0.5, 0.6) is 5.75 Å². The van der Waals surface area contributed by atoms with E-state index in [2.05, 4.69) is 21.3 Å². The van der Waals surface area contributed by atoms with E-state index in [9.17, 15) is 47.4 Å². The predicted octanol–water partition coefficient (Wildman–Crippen LogP) is 3.53. The first-order valence-corrected chi connectivity index (χ1v) is 20.1. The quantitative estimate of drug-likeness (QED) is 0.159. The van der Waals surface area contributed by atoms with Gasteiger partial charge in [0.15, 0.2) is 0 Å². The van der Waals surface area contributed by atoms with Crippen LogP contribution in [0, 0.1) is 0 Å². The Morgan fingerprint density at radius 2 is 1.34 bits per heavy atom. The van der Waals surface area contributed by atoms with E-state index in [0.29, 0.717) is 11.5 Å². The van der Waals surface area contributed by atoms with Crippen molar-refractivity contribution in [1.29, 1.82) is 0 Å². The molecule has 0 radical (unpaired) electrons. The van der Waals surface area contributed by atoms with Gasteiger partial charge in [-0.05, 0) is 68.5 Å². The zero-order chi connectivity index (χ0) is 44.1. The molecule has 320 valence electrons. The van der Waals surface area contributed by atoms with Gasteiger partial charge in [-0.15, -0.1) is 23.5 Å². The number of alkyl halides is 3. The van der Waals surface area contributed by atoms with E-state index in [-0.39, 0.29) is 18.6 Å². The van der Waals surface area contributed by atoms with Crippen LogP contribution in [0.1, 0.15) is 49.9 Å². The molecule has 0 spiro atoms. The standard InChI is InChI=1S/C38H47N5O7S2.C2HF3O2/c1-37(2)31(42-33(46)28(39)18-24-14-16-27(44)17-15-24)35(48)40-20-30(45)41-29(19-23-8-6-5-7-9-23)34(47)43-32(36(49)50)38(3,4)52-22-26-12-10-25(11-13-26)21-51-37;3-2(4,5)1(6)7/h5-17,28-29,31-32,44H,18-22,39H2,1-4H3,(H,40,48)(H,41,45)(H,42,46)(H,43,47)(H,49,50);(H,6,7)/t28-,29-,31-,32-;/m0./s1. The van der Waals surface area contributed by atoms with Crippen molar-refractivity contribution in [3.8, 4) is 5.75 Å². The molecule has 0 aromatic heterocycles. The number of carboxylic acid groups (broad SMARTS) is 2. The lowest BCUT2D eigenvalue weighted by Crippen LogP contribution is -2.61. The van der Waals surface area contributed by atoms with Gasteiger partial charge in [0, 0.05) is 27.4 Å². The van der Waals surface area contributed by atoms with E-state index in [4.69, 9.17) is 15.6 Å². The summed E-state index contributed by atoms with van der Waals surface area (Å²) in [5, 5.41) is 37.7. The molecule has 59 heavy (non-hydrogen) atoms. The van der Waals surface area contributed by atoms with Gasteiger partial charge in [0.1, 0.15) is 23.9 Å². The number of phenols is 1. The number of phenolic OH excluding ortho intramolecular Hbond substituents is 1. The molecule has 2 aliphatic rings. The third kappa shape index (κ3) is 15.4. The Labute approximate surface area is 347 Å². The number of hydrogen-bond donors (Lipinski definition) is 8. The largest absolute Gasteiger partial charge is 0.508 e. The highest BCUT2D eigenvalue weighted by atomic mass is 32.2. The van der Waals surface area contributed by atoms with E-state index in [0.717, 1.165) is 22.3 Å². The summed E-state index contributed by atoms with van der Waals surface area (Å²) < 4.78 is 29.9. The molecule has 0 aliphatic carbocycles. The summed E-state index contributed by atoms with van der Waals surface area (Å²) in [5.74, 6) is -5.47. The number of rotatable bonds is 7. The van der Waals surface area contributed by atoms with Crippen LogP contribution in [0.3, 0.4) is 0 Å².